The quantitative estimate of drug-likeness (QED) is 0.220. The molecule has 2 rings (SSSR count). The average Bonchev–Trinajstić information content (AvgIpc) is 2.73. The van der Waals surface area contributed by atoms with E-state index in [0.29, 0.717) is 11.5 Å². The van der Waals surface area contributed by atoms with Crippen LogP contribution in [0.3, 0.4) is 0 Å². The molecule has 2 aromatic carbocycles. The highest BCUT2D eigenvalue weighted by atomic mass is 35.5. The second-order valence-corrected chi connectivity index (χ2v) is 8.80. The SMILES string of the molecule is CCC(c1ccc(OC(=O)C(Cl)Cl)cc1)C(CC)c1ccc(OC(=O)C(Cl)Cl)cc1. The summed E-state index contributed by atoms with van der Waals surface area (Å²) in [6.45, 7) is 4.26. The summed E-state index contributed by atoms with van der Waals surface area (Å²) in [6.07, 6.45) is 1.83. The van der Waals surface area contributed by atoms with E-state index in [1.165, 1.54) is 0 Å². The standard InChI is InChI=1S/C22H22Cl4O4/c1-3-17(13-5-9-15(10-6-13)29-21(27)19(23)24)18(4-2)14-7-11-16(12-8-14)30-22(28)20(25)26/h5-12,17-20H,3-4H2,1-2H3. The number of alkyl halides is 4. The van der Waals surface area contributed by atoms with Gasteiger partial charge in [0.1, 0.15) is 11.5 Å². The van der Waals surface area contributed by atoms with E-state index in [1.807, 2.05) is 24.3 Å². The highest BCUT2D eigenvalue weighted by Gasteiger charge is 2.23. The molecule has 0 heterocycles. The van der Waals surface area contributed by atoms with E-state index in [9.17, 15) is 9.59 Å². The van der Waals surface area contributed by atoms with Crippen LogP contribution in [0.1, 0.15) is 49.7 Å². The van der Waals surface area contributed by atoms with Gasteiger partial charge in [-0.3, -0.25) is 0 Å². The largest absolute Gasteiger partial charge is 0.425 e. The van der Waals surface area contributed by atoms with Gasteiger partial charge in [-0.2, -0.15) is 0 Å². The number of carbonyl (C=O) groups is 2. The molecule has 0 aliphatic rings. The van der Waals surface area contributed by atoms with Gasteiger partial charge in [0.05, 0.1) is 0 Å². The fourth-order valence-electron chi connectivity index (χ4n) is 3.39. The Morgan fingerprint density at radius 3 is 1.20 bits per heavy atom. The molecule has 0 saturated heterocycles. The monoisotopic (exact) mass is 490 g/mol. The van der Waals surface area contributed by atoms with Crippen molar-refractivity contribution in [3.8, 4) is 11.5 Å². The summed E-state index contributed by atoms with van der Waals surface area (Å²) in [5, 5.41) is 0. The van der Waals surface area contributed by atoms with E-state index in [-0.39, 0.29) is 11.8 Å². The van der Waals surface area contributed by atoms with E-state index in [1.54, 1.807) is 24.3 Å². The average molecular weight is 492 g/mol. The maximum atomic E-state index is 11.5. The van der Waals surface area contributed by atoms with E-state index >= 15 is 0 Å². The Morgan fingerprint density at radius 2 is 0.967 bits per heavy atom. The Labute approximate surface area is 196 Å². The third-order valence-corrected chi connectivity index (χ3v) is 5.49. The van der Waals surface area contributed by atoms with Crippen LogP contribution in [0, 0.1) is 0 Å². The van der Waals surface area contributed by atoms with Crippen molar-refractivity contribution in [1.29, 1.82) is 0 Å². The van der Waals surface area contributed by atoms with Gasteiger partial charge in [0, 0.05) is 0 Å². The molecule has 0 spiro atoms. The number of ether oxygens (including phenoxy) is 2. The minimum atomic E-state index is -1.22. The molecular weight excluding hydrogens is 470 g/mol. The molecule has 0 aliphatic carbocycles. The number of benzene rings is 2. The molecule has 0 saturated carbocycles. The van der Waals surface area contributed by atoms with E-state index in [4.69, 9.17) is 55.9 Å². The fraction of sp³-hybridized carbons (Fsp3) is 0.364. The van der Waals surface area contributed by atoms with Crippen LogP contribution >= 0.6 is 46.4 Å². The van der Waals surface area contributed by atoms with Gasteiger partial charge in [0.2, 0.25) is 9.67 Å². The number of halogens is 4. The predicted molar refractivity (Wildman–Crippen MR) is 121 cm³/mol. The number of esters is 2. The molecule has 0 bridgehead atoms. The lowest BCUT2D eigenvalue weighted by Crippen LogP contribution is -2.16. The summed E-state index contributed by atoms with van der Waals surface area (Å²) in [5.74, 6) is -0.143. The molecule has 8 heteroatoms. The van der Waals surface area contributed by atoms with Gasteiger partial charge in [0.25, 0.3) is 0 Å². The minimum absolute atomic E-state index is 0.247. The van der Waals surface area contributed by atoms with Gasteiger partial charge in [-0.25, -0.2) is 9.59 Å². The van der Waals surface area contributed by atoms with Crippen molar-refractivity contribution in [2.75, 3.05) is 0 Å². The Hall–Kier alpha value is -1.46. The summed E-state index contributed by atoms with van der Waals surface area (Å²) in [7, 11) is 0. The van der Waals surface area contributed by atoms with Crippen LogP contribution < -0.4 is 9.47 Å². The molecule has 0 aliphatic heterocycles. The zero-order chi connectivity index (χ0) is 22.3. The molecule has 0 aromatic heterocycles. The topological polar surface area (TPSA) is 52.6 Å². The lowest BCUT2D eigenvalue weighted by molar-refractivity contribution is -0.133. The summed E-state index contributed by atoms with van der Waals surface area (Å²) in [5.41, 5.74) is 2.25. The molecule has 0 radical (unpaired) electrons. The Morgan fingerprint density at radius 1 is 0.667 bits per heavy atom. The van der Waals surface area contributed by atoms with Crippen molar-refractivity contribution in [3.05, 3.63) is 59.7 Å². The van der Waals surface area contributed by atoms with Crippen LogP contribution in [0.5, 0.6) is 11.5 Å². The maximum Gasteiger partial charge on any atom is 0.344 e. The Bertz CT molecular complexity index is 764. The second-order valence-electron chi connectivity index (χ2n) is 6.61. The summed E-state index contributed by atoms with van der Waals surface area (Å²) in [4.78, 5) is 20.6. The number of hydrogen-bond donors (Lipinski definition) is 0. The molecule has 0 N–H and O–H groups in total. The summed E-state index contributed by atoms with van der Waals surface area (Å²) < 4.78 is 10.2. The molecule has 0 amide bonds. The van der Waals surface area contributed by atoms with Crippen molar-refractivity contribution in [2.45, 2.75) is 48.2 Å². The highest BCUT2D eigenvalue weighted by Crippen LogP contribution is 2.39. The molecule has 0 fully saturated rings. The van der Waals surface area contributed by atoms with Crippen LogP contribution in [0.15, 0.2) is 48.5 Å². The molecular formula is C22H22Cl4O4. The molecule has 162 valence electrons. The lowest BCUT2D eigenvalue weighted by atomic mass is 9.78. The molecule has 2 atom stereocenters. The smallest absolute Gasteiger partial charge is 0.344 e. The normalized spacial score (nSPS) is 13.2. The van der Waals surface area contributed by atoms with Crippen LogP contribution in [0.4, 0.5) is 0 Å². The zero-order valence-electron chi connectivity index (χ0n) is 16.5. The van der Waals surface area contributed by atoms with Gasteiger partial charge in [-0.1, -0.05) is 84.5 Å². The lowest BCUT2D eigenvalue weighted by Gasteiger charge is -2.26. The van der Waals surface area contributed by atoms with Crippen LogP contribution in [0.25, 0.3) is 0 Å². The fourth-order valence-corrected chi connectivity index (χ4v) is 3.57. The Kier molecular flexibility index (Phi) is 9.76. The predicted octanol–water partition coefficient (Wildman–Crippen LogP) is 6.79. The van der Waals surface area contributed by atoms with E-state index in [0.717, 1.165) is 24.0 Å². The molecule has 2 unspecified atom stereocenters. The van der Waals surface area contributed by atoms with Crippen LogP contribution in [0.2, 0.25) is 0 Å². The number of carbonyl (C=O) groups excluding carboxylic acids is 2. The van der Waals surface area contributed by atoms with Gasteiger partial charge >= 0.3 is 11.9 Å². The third-order valence-electron chi connectivity index (χ3n) is 4.78. The van der Waals surface area contributed by atoms with Gasteiger partial charge in [0.15, 0.2) is 0 Å². The first-order valence-electron chi connectivity index (χ1n) is 9.46. The zero-order valence-corrected chi connectivity index (χ0v) is 19.5. The third kappa shape index (κ3) is 6.78. The van der Waals surface area contributed by atoms with Crippen molar-refractivity contribution < 1.29 is 19.1 Å². The summed E-state index contributed by atoms with van der Waals surface area (Å²) >= 11 is 22.1. The summed E-state index contributed by atoms with van der Waals surface area (Å²) in [6, 6.07) is 14.7. The van der Waals surface area contributed by atoms with Crippen molar-refractivity contribution in [2.24, 2.45) is 0 Å². The van der Waals surface area contributed by atoms with Crippen LogP contribution in [-0.2, 0) is 9.59 Å². The van der Waals surface area contributed by atoms with Crippen LogP contribution in [-0.4, -0.2) is 21.6 Å². The van der Waals surface area contributed by atoms with Gasteiger partial charge in [-0.15, -0.1) is 0 Å². The second kappa shape index (κ2) is 11.8. The van der Waals surface area contributed by atoms with Gasteiger partial charge < -0.3 is 9.47 Å². The van der Waals surface area contributed by atoms with Gasteiger partial charge in [-0.05, 0) is 60.1 Å². The van der Waals surface area contributed by atoms with Crippen molar-refractivity contribution >= 4 is 58.3 Å². The highest BCUT2D eigenvalue weighted by molar-refractivity contribution is 6.53. The van der Waals surface area contributed by atoms with E-state index < -0.39 is 21.6 Å². The van der Waals surface area contributed by atoms with Crippen molar-refractivity contribution in [3.63, 3.8) is 0 Å². The number of rotatable bonds is 9. The Balaban J connectivity index is 2.17. The number of hydrogen-bond acceptors (Lipinski definition) is 4. The molecule has 4 nitrogen and oxygen atoms in total. The van der Waals surface area contributed by atoms with E-state index in [2.05, 4.69) is 13.8 Å². The molecule has 2 aromatic rings. The minimum Gasteiger partial charge on any atom is -0.425 e. The first kappa shape index (κ1) is 24.8. The first-order valence-corrected chi connectivity index (χ1v) is 11.2. The van der Waals surface area contributed by atoms with Crippen molar-refractivity contribution in [1.82, 2.24) is 0 Å². The maximum absolute atomic E-state index is 11.5. The molecule has 30 heavy (non-hydrogen) atoms. The first-order chi connectivity index (χ1) is 14.3.